The molecule has 1 N–H and O–H groups in total. The first-order chi connectivity index (χ1) is 8.69. The van der Waals surface area contributed by atoms with Crippen LogP contribution in [0.5, 0.6) is 11.6 Å². The van der Waals surface area contributed by atoms with Crippen molar-refractivity contribution in [1.82, 2.24) is 15.3 Å². The number of hydrogen-bond donors (Lipinski definition) is 1. The second-order valence-electron chi connectivity index (χ2n) is 3.56. The van der Waals surface area contributed by atoms with E-state index in [1.54, 1.807) is 13.2 Å². The average Bonchev–Trinajstić information content (AvgIpc) is 2.34. The highest BCUT2D eigenvalue weighted by Gasteiger charge is 2.07. The molecule has 0 amide bonds. The summed E-state index contributed by atoms with van der Waals surface area (Å²) in [6.45, 7) is 0.524. The second kappa shape index (κ2) is 5.50. The molecule has 0 saturated heterocycles. The van der Waals surface area contributed by atoms with E-state index in [4.69, 9.17) is 4.74 Å². The van der Waals surface area contributed by atoms with Gasteiger partial charge in [0.05, 0.1) is 11.9 Å². The van der Waals surface area contributed by atoms with Crippen molar-refractivity contribution in [3.05, 3.63) is 47.9 Å². The van der Waals surface area contributed by atoms with E-state index < -0.39 is 11.6 Å². The lowest BCUT2D eigenvalue weighted by atomic mass is 10.3. The van der Waals surface area contributed by atoms with Crippen LogP contribution in [0.1, 0.15) is 5.69 Å². The molecule has 6 heteroatoms. The molecule has 0 radical (unpaired) electrons. The summed E-state index contributed by atoms with van der Waals surface area (Å²) in [7, 11) is 1.77. The summed E-state index contributed by atoms with van der Waals surface area (Å²) in [6, 6.07) is 3.07. The Morgan fingerprint density at radius 2 is 2.11 bits per heavy atom. The minimum atomic E-state index is -0.782. The molecule has 0 aliphatic rings. The predicted molar refractivity (Wildman–Crippen MR) is 61.2 cm³/mol. The van der Waals surface area contributed by atoms with Crippen molar-refractivity contribution in [2.75, 3.05) is 7.05 Å². The Hall–Kier alpha value is -2.08. The Labute approximate surface area is 103 Å². The maximum Gasteiger partial charge on any atom is 0.238 e. The van der Waals surface area contributed by atoms with Gasteiger partial charge >= 0.3 is 0 Å². The lowest BCUT2D eigenvalue weighted by Gasteiger charge is -2.06. The number of nitrogens with one attached hydrogen (secondary N) is 1. The van der Waals surface area contributed by atoms with Gasteiger partial charge in [-0.25, -0.2) is 13.8 Å². The van der Waals surface area contributed by atoms with E-state index in [1.807, 2.05) is 0 Å². The van der Waals surface area contributed by atoms with Crippen LogP contribution in [-0.4, -0.2) is 17.0 Å². The second-order valence-corrected chi connectivity index (χ2v) is 3.56. The minimum absolute atomic E-state index is 0.0905. The molecule has 18 heavy (non-hydrogen) atoms. The number of halogens is 2. The van der Waals surface area contributed by atoms with Crippen LogP contribution in [0.3, 0.4) is 0 Å². The molecule has 0 aliphatic heterocycles. The number of ether oxygens (including phenoxy) is 1. The van der Waals surface area contributed by atoms with Crippen LogP contribution in [0, 0.1) is 11.6 Å². The zero-order chi connectivity index (χ0) is 13.0. The van der Waals surface area contributed by atoms with Gasteiger partial charge in [0.2, 0.25) is 5.88 Å². The summed E-state index contributed by atoms with van der Waals surface area (Å²) < 4.78 is 31.3. The fourth-order valence-electron chi connectivity index (χ4n) is 1.37. The van der Waals surface area contributed by atoms with Crippen molar-refractivity contribution in [1.29, 1.82) is 0 Å². The fourth-order valence-corrected chi connectivity index (χ4v) is 1.37. The van der Waals surface area contributed by atoms with Crippen molar-refractivity contribution in [2.24, 2.45) is 0 Å². The van der Waals surface area contributed by atoms with E-state index >= 15 is 0 Å². The standard InChI is InChI=1S/C12H11F2N3O/c1-15-5-9-6-16-7-12(17-9)18-11-3-2-8(13)4-10(11)14/h2-4,6-7,15H,5H2,1H3. The number of nitrogens with zero attached hydrogens (tertiary/aromatic N) is 2. The maximum absolute atomic E-state index is 13.4. The summed E-state index contributed by atoms with van der Waals surface area (Å²) in [6.07, 6.45) is 2.94. The van der Waals surface area contributed by atoms with Crippen molar-refractivity contribution < 1.29 is 13.5 Å². The molecule has 0 unspecified atom stereocenters. The van der Waals surface area contributed by atoms with Crippen molar-refractivity contribution in [2.45, 2.75) is 6.54 Å². The molecular weight excluding hydrogens is 240 g/mol. The van der Waals surface area contributed by atoms with Crippen LogP contribution in [0.4, 0.5) is 8.78 Å². The molecule has 0 atom stereocenters. The van der Waals surface area contributed by atoms with Gasteiger partial charge in [-0.15, -0.1) is 0 Å². The van der Waals surface area contributed by atoms with E-state index in [1.165, 1.54) is 12.3 Å². The Morgan fingerprint density at radius 1 is 1.28 bits per heavy atom. The Bertz CT molecular complexity index is 549. The average molecular weight is 251 g/mol. The number of aromatic nitrogens is 2. The first-order valence-corrected chi connectivity index (χ1v) is 5.27. The van der Waals surface area contributed by atoms with E-state index in [9.17, 15) is 8.78 Å². The van der Waals surface area contributed by atoms with E-state index in [2.05, 4.69) is 15.3 Å². The molecule has 1 aromatic heterocycles. The first kappa shape index (κ1) is 12.4. The lowest BCUT2D eigenvalue weighted by molar-refractivity contribution is 0.419. The Balaban J connectivity index is 2.20. The summed E-state index contributed by atoms with van der Waals surface area (Å²) in [5.41, 5.74) is 0.664. The van der Waals surface area contributed by atoms with Crippen LogP contribution in [0.25, 0.3) is 0 Å². The highest BCUT2D eigenvalue weighted by atomic mass is 19.1. The highest BCUT2D eigenvalue weighted by Crippen LogP contribution is 2.23. The molecule has 2 aromatic rings. The van der Waals surface area contributed by atoms with Crippen LogP contribution in [0.15, 0.2) is 30.6 Å². The smallest absolute Gasteiger partial charge is 0.238 e. The van der Waals surface area contributed by atoms with Gasteiger partial charge < -0.3 is 10.1 Å². The third-order valence-corrected chi connectivity index (χ3v) is 2.13. The molecule has 0 bridgehead atoms. The molecule has 94 valence electrons. The minimum Gasteiger partial charge on any atom is -0.434 e. The molecule has 4 nitrogen and oxygen atoms in total. The summed E-state index contributed by atoms with van der Waals surface area (Å²) >= 11 is 0. The van der Waals surface area contributed by atoms with Gasteiger partial charge in [-0.2, -0.15) is 0 Å². The highest BCUT2D eigenvalue weighted by molar-refractivity contribution is 5.28. The molecule has 2 rings (SSSR count). The van der Waals surface area contributed by atoms with E-state index in [0.717, 1.165) is 12.1 Å². The van der Waals surface area contributed by atoms with E-state index in [0.29, 0.717) is 12.2 Å². The third-order valence-electron chi connectivity index (χ3n) is 2.13. The molecular formula is C12H11F2N3O. The Kier molecular flexibility index (Phi) is 3.78. The molecule has 0 spiro atoms. The molecule has 1 aromatic carbocycles. The van der Waals surface area contributed by atoms with Crippen molar-refractivity contribution in [3.63, 3.8) is 0 Å². The zero-order valence-corrected chi connectivity index (χ0v) is 9.65. The maximum atomic E-state index is 13.4. The van der Waals surface area contributed by atoms with Gasteiger partial charge in [0.1, 0.15) is 5.82 Å². The first-order valence-electron chi connectivity index (χ1n) is 5.27. The molecule has 0 fully saturated rings. The monoisotopic (exact) mass is 251 g/mol. The Morgan fingerprint density at radius 3 is 2.83 bits per heavy atom. The predicted octanol–water partition coefficient (Wildman–Crippen LogP) is 2.27. The van der Waals surface area contributed by atoms with Crippen LogP contribution >= 0.6 is 0 Å². The zero-order valence-electron chi connectivity index (χ0n) is 9.65. The largest absolute Gasteiger partial charge is 0.434 e. The van der Waals surface area contributed by atoms with Crippen LogP contribution in [0.2, 0.25) is 0 Å². The van der Waals surface area contributed by atoms with Crippen molar-refractivity contribution in [3.8, 4) is 11.6 Å². The fraction of sp³-hybridized carbons (Fsp3) is 0.167. The topological polar surface area (TPSA) is 47.0 Å². The molecule has 0 saturated carbocycles. The normalized spacial score (nSPS) is 10.4. The summed E-state index contributed by atoms with van der Waals surface area (Å²) in [4.78, 5) is 8.04. The number of rotatable bonds is 4. The quantitative estimate of drug-likeness (QED) is 0.905. The van der Waals surface area contributed by atoms with Gasteiger partial charge in [-0.05, 0) is 19.2 Å². The number of hydrogen-bond acceptors (Lipinski definition) is 4. The van der Waals surface area contributed by atoms with E-state index in [-0.39, 0.29) is 11.6 Å². The van der Waals surface area contributed by atoms with Crippen LogP contribution in [-0.2, 0) is 6.54 Å². The number of benzene rings is 1. The summed E-state index contributed by atoms with van der Waals surface area (Å²) in [5, 5.41) is 2.91. The van der Waals surface area contributed by atoms with Crippen LogP contribution < -0.4 is 10.1 Å². The summed E-state index contributed by atoms with van der Waals surface area (Å²) in [5.74, 6) is -1.37. The molecule has 0 aliphatic carbocycles. The lowest BCUT2D eigenvalue weighted by Crippen LogP contribution is -2.07. The molecule has 1 heterocycles. The van der Waals surface area contributed by atoms with Gasteiger partial charge in [-0.3, -0.25) is 4.98 Å². The SMILES string of the molecule is CNCc1cncc(Oc2ccc(F)cc2F)n1. The van der Waals surface area contributed by atoms with Gasteiger partial charge in [0.25, 0.3) is 0 Å². The van der Waals surface area contributed by atoms with Gasteiger partial charge in [0, 0.05) is 18.8 Å². The third kappa shape index (κ3) is 2.98. The van der Waals surface area contributed by atoms with Crippen molar-refractivity contribution >= 4 is 0 Å². The van der Waals surface area contributed by atoms with Gasteiger partial charge in [-0.1, -0.05) is 0 Å². The van der Waals surface area contributed by atoms with Gasteiger partial charge in [0.15, 0.2) is 11.6 Å².